The van der Waals surface area contributed by atoms with Gasteiger partial charge in [0, 0.05) is 19.2 Å². The molecular formula is C14H16N2OS. The average molecular weight is 260 g/mol. The standard InChI is InChI=1S/C14H16N2OS/c1-4-16-10(2)13(11(3)17)18-14(16)15-12-8-6-5-7-9-12/h5-9H,4H2,1-3H3/b15-14-. The highest BCUT2D eigenvalue weighted by Gasteiger charge is 2.12. The molecule has 1 heterocycles. The summed E-state index contributed by atoms with van der Waals surface area (Å²) in [5.41, 5.74) is 1.92. The van der Waals surface area contributed by atoms with Crippen LogP contribution in [0.1, 0.15) is 29.2 Å². The Morgan fingerprint density at radius 3 is 2.56 bits per heavy atom. The molecule has 0 radical (unpaired) electrons. The molecule has 3 nitrogen and oxygen atoms in total. The Labute approximate surface area is 110 Å². The van der Waals surface area contributed by atoms with E-state index >= 15 is 0 Å². The predicted molar refractivity (Wildman–Crippen MR) is 74.4 cm³/mol. The van der Waals surface area contributed by atoms with Gasteiger partial charge in [-0.2, -0.15) is 0 Å². The van der Waals surface area contributed by atoms with E-state index in [0.29, 0.717) is 0 Å². The van der Waals surface area contributed by atoms with Crippen molar-refractivity contribution < 1.29 is 4.79 Å². The summed E-state index contributed by atoms with van der Waals surface area (Å²) in [6.45, 7) is 6.46. The lowest BCUT2D eigenvalue weighted by atomic mass is 10.3. The third-order valence-corrected chi connectivity index (χ3v) is 4.06. The van der Waals surface area contributed by atoms with E-state index in [4.69, 9.17) is 0 Å². The van der Waals surface area contributed by atoms with Crippen molar-refractivity contribution in [2.45, 2.75) is 27.3 Å². The number of carbonyl (C=O) groups excluding carboxylic acids is 1. The topological polar surface area (TPSA) is 34.4 Å². The molecule has 0 N–H and O–H groups in total. The zero-order valence-electron chi connectivity index (χ0n) is 10.8. The number of nitrogens with zero attached hydrogens (tertiary/aromatic N) is 2. The third-order valence-electron chi connectivity index (χ3n) is 2.77. The van der Waals surface area contributed by atoms with Crippen molar-refractivity contribution in [3.05, 3.63) is 45.7 Å². The maximum absolute atomic E-state index is 11.6. The molecule has 0 fully saturated rings. The largest absolute Gasteiger partial charge is 0.321 e. The van der Waals surface area contributed by atoms with Crippen LogP contribution in [0.15, 0.2) is 35.3 Å². The fourth-order valence-corrected chi connectivity index (χ4v) is 2.99. The van der Waals surface area contributed by atoms with Gasteiger partial charge in [-0.3, -0.25) is 4.79 Å². The molecule has 1 aromatic carbocycles. The van der Waals surface area contributed by atoms with Crippen LogP contribution in [-0.4, -0.2) is 10.4 Å². The minimum atomic E-state index is 0.106. The minimum absolute atomic E-state index is 0.106. The van der Waals surface area contributed by atoms with Gasteiger partial charge in [-0.25, -0.2) is 4.99 Å². The van der Waals surface area contributed by atoms with E-state index in [9.17, 15) is 4.79 Å². The smallest absolute Gasteiger partial charge is 0.190 e. The van der Waals surface area contributed by atoms with Gasteiger partial charge in [0.2, 0.25) is 0 Å². The first-order chi connectivity index (χ1) is 8.63. The number of hydrogen-bond donors (Lipinski definition) is 0. The van der Waals surface area contributed by atoms with Crippen LogP contribution in [-0.2, 0) is 6.54 Å². The second-order valence-electron chi connectivity index (χ2n) is 4.05. The lowest BCUT2D eigenvalue weighted by Crippen LogP contribution is -2.14. The zero-order chi connectivity index (χ0) is 13.1. The summed E-state index contributed by atoms with van der Waals surface area (Å²) in [6, 6.07) is 9.81. The SMILES string of the molecule is CCn1c(C)c(C(C)=O)s/c1=N\c1ccccc1. The number of benzene rings is 1. The van der Waals surface area contributed by atoms with E-state index in [1.807, 2.05) is 37.3 Å². The van der Waals surface area contributed by atoms with Crippen molar-refractivity contribution in [3.8, 4) is 0 Å². The molecule has 1 aromatic heterocycles. The summed E-state index contributed by atoms with van der Waals surface area (Å²) >= 11 is 1.46. The van der Waals surface area contributed by atoms with Gasteiger partial charge in [0.25, 0.3) is 0 Å². The monoisotopic (exact) mass is 260 g/mol. The molecule has 2 aromatic rings. The summed E-state index contributed by atoms with van der Waals surface area (Å²) in [5.74, 6) is 0.106. The van der Waals surface area contributed by atoms with E-state index in [1.54, 1.807) is 6.92 Å². The molecule has 0 spiro atoms. The van der Waals surface area contributed by atoms with Crippen molar-refractivity contribution in [2.24, 2.45) is 4.99 Å². The van der Waals surface area contributed by atoms with Crippen LogP contribution in [0.25, 0.3) is 0 Å². The first kappa shape index (κ1) is 12.8. The van der Waals surface area contributed by atoms with Crippen LogP contribution in [0.4, 0.5) is 5.69 Å². The lowest BCUT2D eigenvalue weighted by molar-refractivity contribution is 0.102. The van der Waals surface area contributed by atoms with Crippen LogP contribution >= 0.6 is 11.3 Å². The number of para-hydroxylation sites is 1. The number of hydrogen-bond acceptors (Lipinski definition) is 3. The Kier molecular flexibility index (Phi) is 3.77. The van der Waals surface area contributed by atoms with Crippen LogP contribution in [0.2, 0.25) is 0 Å². The van der Waals surface area contributed by atoms with E-state index in [0.717, 1.165) is 27.6 Å². The molecule has 0 amide bonds. The van der Waals surface area contributed by atoms with Crippen molar-refractivity contribution in [1.29, 1.82) is 0 Å². The summed E-state index contributed by atoms with van der Waals surface area (Å²) < 4.78 is 2.08. The fraction of sp³-hybridized carbons (Fsp3) is 0.286. The Balaban J connectivity index is 2.61. The van der Waals surface area contributed by atoms with Gasteiger partial charge in [0.1, 0.15) is 0 Å². The molecule has 2 rings (SSSR count). The highest BCUT2D eigenvalue weighted by atomic mass is 32.1. The normalized spacial score (nSPS) is 11.8. The van der Waals surface area contributed by atoms with Gasteiger partial charge in [-0.05, 0) is 26.0 Å². The fourth-order valence-electron chi connectivity index (χ4n) is 1.88. The molecule has 0 atom stereocenters. The van der Waals surface area contributed by atoms with Crippen LogP contribution in [0, 0.1) is 6.92 Å². The van der Waals surface area contributed by atoms with Gasteiger partial charge in [0.05, 0.1) is 10.6 Å². The van der Waals surface area contributed by atoms with Gasteiger partial charge in [-0.1, -0.05) is 29.5 Å². The first-order valence-corrected chi connectivity index (χ1v) is 6.76. The van der Waals surface area contributed by atoms with Crippen molar-refractivity contribution in [2.75, 3.05) is 0 Å². The number of carbonyl (C=O) groups is 1. The molecule has 0 saturated heterocycles. The molecule has 0 aliphatic heterocycles. The molecule has 4 heteroatoms. The molecule has 94 valence electrons. The van der Waals surface area contributed by atoms with Crippen molar-refractivity contribution >= 4 is 22.8 Å². The van der Waals surface area contributed by atoms with Gasteiger partial charge in [-0.15, -0.1) is 0 Å². The minimum Gasteiger partial charge on any atom is -0.321 e. The van der Waals surface area contributed by atoms with E-state index in [-0.39, 0.29) is 5.78 Å². The second kappa shape index (κ2) is 5.31. The first-order valence-electron chi connectivity index (χ1n) is 5.94. The zero-order valence-corrected chi connectivity index (χ0v) is 11.6. The van der Waals surface area contributed by atoms with Crippen LogP contribution in [0.5, 0.6) is 0 Å². The summed E-state index contributed by atoms with van der Waals surface area (Å²) in [7, 11) is 0. The van der Waals surface area contributed by atoms with E-state index in [2.05, 4.69) is 16.5 Å². The second-order valence-corrected chi connectivity index (χ2v) is 5.02. The Hall–Kier alpha value is -1.68. The third kappa shape index (κ3) is 2.43. The molecule has 18 heavy (non-hydrogen) atoms. The number of ketones is 1. The van der Waals surface area contributed by atoms with E-state index < -0.39 is 0 Å². The highest BCUT2D eigenvalue weighted by Crippen LogP contribution is 2.15. The highest BCUT2D eigenvalue weighted by molar-refractivity contribution is 7.11. The van der Waals surface area contributed by atoms with Gasteiger partial charge < -0.3 is 4.57 Å². The maximum Gasteiger partial charge on any atom is 0.190 e. The molecule has 0 saturated carbocycles. The molecule has 0 bridgehead atoms. The Morgan fingerprint density at radius 2 is 2.00 bits per heavy atom. The summed E-state index contributed by atoms with van der Waals surface area (Å²) in [4.78, 5) is 17.8. The summed E-state index contributed by atoms with van der Waals surface area (Å²) in [5, 5.41) is 0. The Morgan fingerprint density at radius 1 is 1.33 bits per heavy atom. The number of Topliss-reactive ketones (excluding diaryl/α,β-unsaturated/α-hetero) is 1. The van der Waals surface area contributed by atoms with Gasteiger partial charge in [0.15, 0.2) is 10.6 Å². The van der Waals surface area contributed by atoms with Crippen LogP contribution in [0.3, 0.4) is 0 Å². The molecular weight excluding hydrogens is 244 g/mol. The number of rotatable bonds is 3. The van der Waals surface area contributed by atoms with Crippen molar-refractivity contribution in [3.63, 3.8) is 0 Å². The van der Waals surface area contributed by atoms with Crippen molar-refractivity contribution in [1.82, 2.24) is 4.57 Å². The number of thiazole rings is 1. The average Bonchev–Trinajstić information content (AvgIpc) is 2.67. The van der Waals surface area contributed by atoms with E-state index in [1.165, 1.54) is 11.3 Å². The predicted octanol–water partition coefficient (Wildman–Crippen LogP) is 3.31. The summed E-state index contributed by atoms with van der Waals surface area (Å²) in [6.07, 6.45) is 0. The quantitative estimate of drug-likeness (QED) is 0.780. The molecule has 0 aliphatic carbocycles. The molecule has 0 aliphatic rings. The molecule has 0 unspecified atom stereocenters. The number of aromatic nitrogens is 1. The van der Waals surface area contributed by atoms with Crippen LogP contribution < -0.4 is 4.80 Å². The Bertz CT molecular complexity index is 623. The lowest BCUT2D eigenvalue weighted by Gasteiger charge is -2.01. The maximum atomic E-state index is 11.6. The van der Waals surface area contributed by atoms with Gasteiger partial charge >= 0.3 is 0 Å².